The molecule has 68 valence electrons. The Morgan fingerprint density at radius 3 is 2.25 bits per heavy atom. The summed E-state index contributed by atoms with van der Waals surface area (Å²) in [5.41, 5.74) is 1.70. The molecule has 0 rings (SSSR count). The lowest BCUT2D eigenvalue weighted by Gasteiger charge is -2.18. The lowest BCUT2D eigenvalue weighted by Crippen LogP contribution is -2.05. The summed E-state index contributed by atoms with van der Waals surface area (Å²) < 4.78 is 0. The molecule has 0 N–H and O–H groups in total. The van der Waals surface area contributed by atoms with Gasteiger partial charge in [-0.05, 0) is 24.3 Å². The first-order valence-electron chi connectivity index (χ1n) is 4.44. The van der Waals surface area contributed by atoms with E-state index in [0.29, 0.717) is 5.41 Å². The Labute approximate surface area is 76.7 Å². The fourth-order valence-electron chi connectivity index (χ4n) is 1.15. The van der Waals surface area contributed by atoms with Crippen LogP contribution in [0.5, 0.6) is 0 Å². The van der Waals surface area contributed by atoms with Crippen LogP contribution in [0.15, 0.2) is 36.5 Å². The Hall–Kier alpha value is -0.780. The van der Waals surface area contributed by atoms with Crippen molar-refractivity contribution in [1.82, 2.24) is 0 Å². The maximum absolute atomic E-state index is 3.70. The molecule has 0 heterocycles. The SMILES string of the molecule is C=CC=C(C=CC)CC(C)(C)C. The molecule has 0 amide bonds. The maximum atomic E-state index is 3.70. The van der Waals surface area contributed by atoms with Gasteiger partial charge in [-0.2, -0.15) is 0 Å². The first-order chi connectivity index (χ1) is 5.49. The van der Waals surface area contributed by atoms with Crippen LogP contribution < -0.4 is 0 Å². The van der Waals surface area contributed by atoms with E-state index in [1.165, 1.54) is 5.57 Å². The minimum atomic E-state index is 0.356. The smallest absolute Gasteiger partial charge is 0.0230 e. The summed E-state index contributed by atoms with van der Waals surface area (Å²) in [5, 5.41) is 0. The molecule has 0 spiro atoms. The molecule has 0 aromatic rings. The van der Waals surface area contributed by atoms with Crippen molar-refractivity contribution in [3.8, 4) is 0 Å². The summed E-state index contributed by atoms with van der Waals surface area (Å²) in [7, 11) is 0. The number of hydrogen-bond donors (Lipinski definition) is 0. The first kappa shape index (κ1) is 11.2. The van der Waals surface area contributed by atoms with Crippen molar-refractivity contribution in [1.29, 1.82) is 0 Å². The summed E-state index contributed by atoms with van der Waals surface area (Å²) in [6.45, 7) is 12.5. The molecular formula is C12H20. The van der Waals surface area contributed by atoms with Crippen molar-refractivity contribution in [3.63, 3.8) is 0 Å². The molecule has 0 nitrogen and oxygen atoms in total. The Balaban J connectivity index is 4.34. The van der Waals surface area contributed by atoms with Crippen LogP contribution in [0, 0.1) is 5.41 Å². The van der Waals surface area contributed by atoms with Gasteiger partial charge < -0.3 is 0 Å². The highest BCUT2D eigenvalue weighted by Gasteiger charge is 2.10. The highest BCUT2D eigenvalue weighted by Crippen LogP contribution is 2.24. The summed E-state index contributed by atoms with van der Waals surface area (Å²) in [5.74, 6) is 0. The van der Waals surface area contributed by atoms with Crippen molar-refractivity contribution in [3.05, 3.63) is 36.5 Å². The van der Waals surface area contributed by atoms with Crippen LogP contribution in [-0.4, -0.2) is 0 Å². The van der Waals surface area contributed by atoms with E-state index >= 15 is 0 Å². The highest BCUT2D eigenvalue weighted by atomic mass is 14.2. The van der Waals surface area contributed by atoms with Crippen molar-refractivity contribution < 1.29 is 0 Å². The fourth-order valence-corrected chi connectivity index (χ4v) is 1.15. The van der Waals surface area contributed by atoms with Crippen LogP contribution in [0.3, 0.4) is 0 Å². The normalized spacial score (nSPS) is 13.8. The maximum Gasteiger partial charge on any atom is -0.0230 e. The second-order valence-corrected chi connectivity index (χ2v) is 4.21. The average molecular weight is 164 g/mol. The summed E-state index contributed by atoms with van der Waals surface area (Å²) in [6, 6.07) is 0. The molecule has 0 fully saturated rings. The average Bonchev–Trinajstić information content (AvgIpc) is 1.84. The second-order valence-electron chi connectivity index (χ2n) is 4.21. The largest absolute Gasteiger partial charge is 0.0991 e. The third kappa shape index (κ3) is 5.96. The summed E-state index contributed by atoms with van der Waals surface area (Å²) in [4.78, 5) is 0. The number of rotatable bonds is 3. The predicted octanol–water partition coefficient (Wildman–Crippen LogP) is 4.11. The molecule has 12 heavy (non-hydrogen) atoms. The molecule has 0 heteroatoms. The monoisotopic (exact) mass is 164 g/mol. The van der Waals surface area contributed by atoms with Gasteiger partial charge in [0.2, 0.25) is 0 Å². The van der Waals surface area contributed by atoms with Crippen LogP contribution in [-0.2, 0) is 0 Å². The van der Waals surface area contributed by atoms with Crippen molar-refractivity contribution in [2.24, 2.45) is 5.41 Å². The molecule has 0 bridgehead atoms. The van der Waals surface area contributed by atoms with Crippen LogP contribution in [0.4, 0.5) is 0 Å². The Bertz CT molecular complexity index is 187. The van der Waals surface area contributed by atoms with Crippen LogP contribution >= 0.6 is 0 Å². The zero-order chi connectivity index (χ0) is 9.61. The molecular weight excluding hydrogens is 144 g/mol. The Morgan fingerprint density at radius 1 is 1.33 bits per heavy atom. The lowest BCUT2D eigenvalue weighted by molar-refractivity contribution is 0.413. The minimum absolute atomic E-state index is 0.356. The first-order valence-corrected chi connectivity index (χ1v) is 4.44. The van der Waals surface area contributed by atoms with Gasteiger partial charge in [-0.25, -0.2) is 0 Å². The third-order valence-electron chi connectivity index (χ3n) is 1.45. The van der Waals surface area contributed by atoms with Gasteiger partial charge >= 0.3 is 0 Å². The van der Waals surface area contributed by atoms with Gasteiger partial charge in [-0.15, -0.1) is 0 Å². The van der Waals surface area contributed by atoms with E-state index in [4.69, 9.17) is 0 Å². The van der Waals surface area contributed by atoms with E-state index < -0.39 is 0 Å². The van der Waals surface area contributed by atoms with E-state index in [1.54, 1.807) is 0 Å². The van der Waals surface area contributed by atoms with Gasteiger partial charge in [0, 0.05) is 0 Å². The van der Waals surface area contributed by atoms with Gasteiger partial charge in [0.1, 0.15) is 0 Å². The van der Waals surface area contributed by atoms with Gasteiger partial charge in [-0.1, -0.05) is 51.7 Å². The van der Waals surface area contributed by atoms with Crippen molar-refractivity contribution in [2.45, 2.75) is 34.1 Å². The van der Waals surface area contributed by atoms with Crippen LogP contribution in [0.2, 0.25) is 0 Å². The van der Waals surface area contributed by atoms with E-state index in [1.807, 2.05) is 13.0 Å². The standard InChI is InChI=1S/C12H20/c1-6-8-11(9-7-2)10-12(3,4)5/h6-9H,1,10H2,2-5H3. The number of hydrogen-bond acceptors (Lipinski definition) is 0. The van der Waals surface area contributed by atoms with E-state index in [2.05, 4.69) is 45.6 Å². The Morgan fingerprint density at radius 2 is 1.92 bits per heavy atom. The van der Waals surface area contributed by atoms with E-state index in [9.17, 15) is 0 Å². The molecule has 0 aliphatic carbocycles. The topological polar surface area (TPSA) is 0 Å². The minimum Gasteiger partial charge on any atom is -0.0991 e. The zero-order valence-corrected chi connectivity index (χ0v) is 8.72. The van der Waals surface area contributed by atoms with Crippen LogP contribution in [0.1, 0.15) is 34.1 Å². The van der Waals surface area contributed by atoms with Crippen molar-refractivity contribution >= 4 is 0 Å². The number of allylic oxidation sites excluding steroid dienone is 5. The lowest BCUT2D eigenvalue weighted by atomic mass is 9.87. The Kier molecular flexibility index (Phi) is 4.65. The molecule has 0 radical (unpaired) electrons. The van der Waals surface area contributed by atoms with Gasteiger partial charge in [0.05, 0.1) is 0 Å². The molecule has 0 saturated carbocycles. The summed E-state index contributed by atoms with van der Waals surface area (Å²) in [6.07, 6.45) is 9.24. The molecule has 0 aliphatic rings. The van der Waals surface area contributed by atoms with E-state index in [-0.39, 0.29) is 0 Å². The molecule has 0 saturated heterocycles. The fraction of sp³-hybridized carbons (Fsp3) is 0.500. The second kappa shape index (κ2) is 4.97. The quantitative estimate of drug-likeness (QED) is 0.551. The van der Waals surface area contributed by atoms with E-state index in [0.717, 1.165) is 6.42 Å². The summed E-state index contributed by atoms with van der Waals surface area (Å²) >= 11 is 0. The molecule has 0 atom stereocenters. The third-order valence-corrected chi connectivity index (χ3v) is 1.45. The molecule has 0 aromatic heterocycles. The molecule has 0 aromatic carbocycles. The van der Waals surface area contributed by atoms with Gasteiger partial charge in [-0.3, -0.25) is 0 Å². The highest BCUT2D eigenvalue weighted by molar-refractivity contribution is 5.23. The van der Waals surface area contributed by atoms with Crippen molar-refractivity contribution in [2.75, 3.05) is 0 Å². The molecule has 0 aliphatic heterocycles. The van der Waals surface area contributed by atoms with Gasteiger partial charge in [0.25, 0.3) is 0 Å². The molecule has 0 unspecified atom stereocenters. The predicted molar refractivity (Wildman–Crippen MR) is 57.2 cm³/mol. The van der Waals surface area contributed by atoms with Gasteiger partial charge in [0.15, 0.2) is 0 Å². The zero-order valence-electron chi connectivity index (χ0n) is 8.72. The van der Waals surface area contributed by atoms with Crippen LogP contribution in [0.25, 0.3) is 0 Å².